The topological polar surface area (TPSA) is 29.5 Å². The van der Waals surface area contributed by atoms with Gasteiger partial charge in [-0.3, -0.25) is 4.79 Å². The van der Waals surface area contributed by atoms with Crippen LogP contribution >= 0.6 is 11.6 Å². The second kappa shape index (κ2) is 6.40. The molecule has 1 unspecified atom stereocenters. The average molecular weight is 282 g/mol. The number of hydrogen-bond donors (Lipinski definition) is 0. The molecule has 0 bridgehead atoms. The maximum atomic E-state index is 12.5. The van der Waals surface area contributed by atoms with Crippen LogP contribution in [0.25, 0.3) is 0 Å². The Morgan fingerprint density at radius 1 is 1.42 bits per heavy atom. The molecule has 1 aliphatic heterocycles. The number of benzene rings is 1. The van der Waals surface area contributed by atoms with Gasteiger partial charge in [0.2, 0.25) is 0 Å². The van der Waals surface area contributed by atoms with E-state index in [4.69, 9.17) is 16.3 Å². The van der Waals surface area contributed by atoms with Gasteiger partial charge in [-0.25, -0.2) is 0 Å². The van der Waals surface area contributed by atoms with Crippen molar-refractivity contribution in [2.24, 2.45) is 5.92 Å². The predicted octanol–water partition coefficient (Wildman–Crippen LogP) is 3.26. The van der Waals surface area contributed by atoms with Crippen LogP contribution in [0.5, 0.6) is 5.75 Å². The first-order chi connectivity index (χ1) is 9.13. The molecule has 4 heteroatoms. The second-order valence-corrected chi connectivity index (χ2v) is 5.50. The normalized spacial score (nSPS) is 17.4. The highest BCUT2D eigenvalue weighted by Gasteiger charge is 2.23. The van der Waals surface area contributed by atoms with Gasteiger partial charge in [-0.2, -0.15) is 0 Å². The molecule has 3 nitrogen and oxygen atoms in total. The molecule has 0 amide bonds. The summed E-state index contributed by atoms with van der Waals surface area (Å²) >= 11 is 6.06. The van der Waals surface area contributed by atoms with Crippen molar-refractivity contribution < 1.29 is 9.53 Å². The Morgan fingerprint density at radius 3 is 2.74 bits per heavy atom. The van der Waals surface area contributed by atoms with Gasteiger partial charge in [-0.15, -0.1) is 0 Å². The molecule has 1 aromatic carbocycles. The number of hydrogen-bond acceptors (Lipinski definition) is 3. The van der Waals surface area contributed by atoms with Crippen molar-refractivity contribution in [1.82, 2.24) is 4.90 Å². The number of likely N-dealkylation sites (tertiary alicyclic amines) is 1. The molecule has 1 saturated heterocycles. The molecule has 0 radical (unpaired) electrons. The average Bonchev–Trinajstić information content (AvgIpc) is 2.90. The maximum absolute atomic E-state index is 12.5. The lowest BCUT2D eigenvalue weighted by molar-refractivity contribution is 0.0900. The largest absolute Gasteiger partial charge is 0.494 e. The molecule has 0 N–H and O–H groups in total. The monoisotopic (exact) mass is 281 g/mol. The van der Waals surface area contributed by atoms with Crippen molar-refractivity contribution in [1.29, 1.82) is 0 Å². The van der Waals surface area contributed by atoms with Gasteiger partial charge in [-0.1, -0.05) is 24.6 Å². The summed E-state index contributed by atoms with van der Waals surface area (Å²) < 4.78 is 5.25. The first-order valence-electron chi connectivity index (χ1n) is 6.72. The molecule has 1 heterocycles. The molecule has 0 spiro atoms. The third-order valence-electron chi connectivity index (χ3n) is 3.61. The number of para-hydroxylation sites is 1. The second-order valence-electron chi connectivity index (χ2n) is 5.09. The van der Waals surface area contributed by atoms with Gasteiger partial charge in [0, 0.05) is 12.5 Å². The Kier molecular flexibility index (Phi) is 4.83. The number of ether oxygens (including phenoxy) is 1. The molecule has 0 saturated carbocycles. The minimum absolute atomic E-state index is 0.0366. The molecule has 1 atom stereocenters. The molecule has 19 heavy (non-hydrogen) atoms. The van der Waals surface area contributed by atoms with Crippen LogP contribution in [0.15, 0.2) is 18.2 Å². The molecule has 1 fully saturated rings. The zero-order valence-electron chi connectivity index (χ0n) is 11.5. The maximum Gasteiger partial charge on any atom is 0.170 e. The number of halogens is 1. The van der Waals surface area contributed by atoms with E-state index in [1.165, 1.54) is 12.8 Å². The summed E-state index contributed by atoms with van der Waals surface area (Å²) in [6.45, 7) is 4.99. The van der Waals surface area contributed by atoms with Crippen LogP contribution < -0.4 is 4.74 Å². The smallest absolute Gasteiger partial charge is 0.170 e. The zero-order valence-corrected chi connectivity index (χ0v) is 12.2. The van der Waals surface area contributed by atoms with Gasteiger partial charge in [0.1, 0.15) is 5.75 Å². The van der Waals surface area contributed by atoms with Crippen molar-refractivity contribution in [2.75, 3.05) is 26.7 Å². The Balaban J connectivity index is 2.12. The van der Waals surface area contributed by atoms with Crippen LogP contribution in [-0.2, 0) is 0 Å². The van der Waals surface area contributed by atoms with Crippen LogP contribution in [0.3, 0.4) is 0 Å². The molecule has 0 aliphatic carbocycles. The molecule has 104 valence electrons. The fraction of sp³-hybridized carbons (Fsp3) is 0.533. The number of nitrogens with zero attached hydrogens (tertiary/aromatic N) is 1. The fourth-order valence-corrected chi connectivity index (χ4v) is 2.86. The van der Waals surface area contributed by atoms with Crippen LogP contribution in [-0.4, -0.2) is 37.4 Å². The molecule has 1 aromatic rings. The first-order valence-corrected chi connectivity index (χ1v) is 7.10. The third-order valence-corrected chi connectivity index (χ3v) is 3.91. The molecular weight excluding hydrogens is 262 g/mol. The number of methoxy groups -OCH3 is 1. The van der Waals surface area contributed by atoms with Crippen LogP contribution in [0.1, 0.15) is 30.1 Å². The lowest BCUT2D eigenvalue weighted by Gasteiger charge is -2.20. The minimum Gasteiger partial charge on any atom is -0.494 e. The molecule has 0 aromatic heterocycles. The Labute approximate surface area is 119 Å². The Bertz CT molecular complexity index is 455. The molecule has 1 aliphatic rings. The van der Waals surface area contributed by atoms with Gasteiger partial charge in [-0.05, 0) is 38.1 Å². The molecule has 2 rings (SSSR count). The van der Waals surface area contributed by atoms with Crippen molar-refractivity contribution in [3.05, 3.63) is 28.8 Å². The molecular formula is C15H20ClNO2. The van der Waals surface area contributed by atoms with Gasteiger partial charge >= 0.3 is 0 Å². The standard InChI is InChI=1S/C15H20ClNO2/c1-11(10-17-8-3-4-9-17)14(18)12-6-5-7-13(16)15(12)19-2/h5-7,11H,3-4,8-10H2,1-2H3. The lowest BCUT2D eigenvalue weighted by atomic mass is 9.98. The van der Waals surface area contributed by atoms with Crippen molar-refractivity contribution in [3.8, 4) is 5.75 Å². The van der Waals surface area contributed by atoms with E-state index >= 15 is 0 Å². The predicted molar refractivity (Wildman–Crippen MR) is 77.2 cm³/mol. The van der Waals surface area contributed by atoms with Crippen LogP contribution in [0.4, 0.5) is 0 Å². The number of Topliss-reactive ketones (excluding diaryl/α,β-unsaturated/α-hetero) is 1. The van der Waals surface area contributed by atoms with E-state index in [1.807, 2.05) is 6.92 Å². The number of carbonyl (C=O) groups excluding carboxylic acids is 1. The summed E-state index contributed by atoms with van der Waals surface area (Å²) in [7, 11) is 1.54. The van der Waals surface area contributed by atoms with E-state index in [-0.39, 0.29) is 11.7 Å². The lowest BCUT2D eigenvalue weighted by Crippen LogP contribution is -2.29. The van der Waals surface area contributed by atoms with E-state index in [0.717, 1.165) is 19.6 Å². The number of ketones is 1. The van der Waals surface area contributed by atoms with Gasteiger partial charge in [0.05, 0.1) is 17.7 Å². The van der Waals surface area contributed by atoms with E-state index in [2.05, 4.69) is 4.90 Å². The number of rotatable bonds is 5. The van der Waals surface area contributed by atoms with Crippen molar-refractivity contribution in [3.63, 3.8) is 0 Å². The summed E-state index contributed by atoms with van der Waals surface area (Å²) in [6.07, 6.45) is 2.47. The summed E-state index contributed by atoms with van der Waals surface area (Å²) in [6, 6.07) is 5.32. The van der Waals surface area contributed by atoms with Crippen LogP contribution in [0, 0.1) is 5.92 Å². The highest BCUT2D eigenvalue weighted by atomic mass is 35.5. The van der Waals surface area contributed by atoms with Crippen molar-refractivity contribution in [2.45, 2.75) is 19.8 Å². The summed E-state index contributed by atoms with van der Waals surface area (Å²) in [5.74, 6) is 0.555. The van der Waals surface area contributed by atoms with Gasteiger partial charge in [0.15, 0.2) is 5.78 Å². The first kappa shape index (κ1) is 14.4. The third kappa shape index (κ3) is 3.28. The van der Waals surface area contributed by atoms with Crippen molar-refractivity contribution >= 4 is 17.4 Å². The minimum atomic E-state index is -0.0366. The van der Waals surface area contributed by atoms with E-state index in [1.54, 1.807) is 25.3 Å². The van der Waals surface area contributed by atoms with E-state index in [0.29, 0.717) is 16.3 Å². The summed E-state index contributed by atoms with van der Waals surface area (Å²) in [5, 5.41) is 0.488. The Morgan fingerprint density at radius 2 is 2.11 bits per heavy atom. The number of carbonyl (C=O) groups is 1. The van der Waals surface area contributed by atoms with Gasteiger partial charge < -0.3 is 9.64 Å². The van der Waals surface area contributed by atoms with Crippen LogP contribution in [0.2, 0.25) is 5.02 Å². The highest BCUT2D eigenvalue weighted by molar-refractivity contribution is 6.32. The highest BCUT2D eigenvalue weighted by Crippen LogP contribution is 2.30. The summed E-state index contributed by atoms with van der Waals surface area (Å²) in [4.78, 5) is 14.8. The summed E-state index contributed by atoms with van der Waals surface area (Å²) in [5.41, 5.74) is 0.585. The van der Waals surface area contributed by atoms with Gasteiger partial charge in [0.25, 0.3) is 0 Å². The van der Waals surface area contributed by atoms with E-state index < -0.39 is 0 Å². The fourth-order valence-electron chi connectivity index (χ4n) is 2.61. The quantitative estimate of drug-likeness (QED) is 0.776. The zero-order chi connectivity index (χ0) is 13.8. The SMILES string of the molecule is COc1c(Cl)cccc1C(=O)C(C)CN1CCCC1. The Hall–Kier alpha value is -1.06. The van der Waals surface area contributed by atoms with E-state index in [9.17, 15) is 4.79 Å².